The number of rotatable bonds is 6. The maximum Gasteiger partial charge on any atom is 0.391 e. The Labute approximate surface area is 211 Å². The minimum absolute atomic E-state index is 0.297. The van der Waals surface area contributed by atoms with E-state index in [2.05, 4.69) is 14.9 Å². The van der Waals surface area contributed by atoms with Crippen molar-refractivity contribution in [2.24, 2.45) is 0 Å². The van der Waals surface area contributed by atoms with Gasteiger partial charge in [0, 0.05) is 44.9 Å². The molecule has 1 aliphatic rings. The molecule has 0 radical (unpaired) electrons. The Morgan fingerprint density at radius 2 is 1.86 bits per heavy atom. The van der Waals surface area contributed by atoms with E-state index in [-0.39, 0.29) is 0 Å². The molecule has 1 unspecified atom stereocenters. The Morgan fingerprint density at radius 3 is 2.54 bits per heavy atom. The number of alkyl halides is 3. The summed E-state index contributed by atoms with van der Waals surface area (Å²) >= 11 is 0. The molecule has 1 atom stereocenters. The summed E-state index contributed by atoms with van der Waals surface area (Å²) in [5.41, 5.74) is 2.70. The average molecular weight is 514 g/mol. The van der Waals surface area contributed by atoms with Crippen LogP contribution in [0.4, 0.5) is 18.9 Å². The highest BCUT2D eigenvalue weighted by Crippen LogP contribution is 2.35. The number of para-hydroxylation sites is 2. The van der Waals surface area contributed by atoms with Crippen molar-refractivity contribution in [3.63, 3.8) is 0 Å². The average Bonchev–Trinajstić information content (AvgIpc) is 3.52. The molecule has 5 rings (SSSR count). The van der Waals surface area contributed by atoms with Crippen LogP contribution >= 0.6 is 0 Å². The predicted octanol–water partition coefficient (Wildman–Crippen LogP) is 4.85. The second-order valence-corrected chi connectivity index (χ2v) is 8.92. The number of amides is 1. The van der Waals surface area contributed by atoms with Crippen LogP contribution in [0.1, 0.15) is 18.4 Å². The van der Waals surface area contributed by atoms with Crippen LogP contribution in [0.5, 0.6) is 5.75 Å². The van der Waals surface area contributed by atoms with Crippen molar-refractivity contribution in [1.82, 2.24) is 19.4 Å². The van der Waals surface area contributed by atoms with E-state index in [1.165, 1.54) is 15.8 Å². The molecule has 0 N–H and O–H groups in total. The van der Waals surface area contributed by atoms with Crippen molar-refractivity contribution >= 4 is 22.6 Å². The van der Waals surface area contributed by atoms with E-state index in [0.29, 0.717) is 54.6 Å². The molecule has 0 saturated carbocycles. The van der Waals surface area contributed by atoms with E-state index in [1.807, 2.05) is 18.2 Å². The van der Waals surface area contributed by atoms with Crippen molar-refractivity contribution in [2.45, 2.75) is 25.6 Å². The molecule has 1 saturated heterocycles. The molecular weight excluding hydrogens is 487 g/mol. The van der Waals surface area contributed by atoms with Crippen LogP contribution in [0.25, 0.3) is 22.4 Å². The molecule has 194 valence electrons. The number of methoxy groups -OCH3 is 1. The van der Waals surface area contributed by atoms with Gasteiger partial charge >= 0.3 is 6.18 Å². The van der Waals surface area contributed by atoms with E-state index >= 15 is 0 Å². The number of fused-ring (bicyclic) bond motifs is 1. The zero-order chi connectivity index (χ0) is 26.2. The SMILES string of the molecule is COc1cc(N2CCN(C(=O)C(CC(F)(F)F)n3cnc4ccccc43)CC2)ccc1-c1cnc(C)o1. The molecule has 4 aromatic rings. The Hall–Kier alpha value is -4.02. The normalized spacial score (nSPS) is 15.3. The van der Waals surface area contributed by atoms with E-state index in [0.717, 1.165) is 11.3 Å². The highest BCUT2D eigenvalue weighted by atomic mass is 19.4. The molecule has 1 amide bonds. The second-order valence-electron chi connectivity index (χ2n) is 8.92. The summed E-state index contributed by atoms with van der Waals surface area (Å²) in [6.07, 6.45) is -2.81. The Kier molecular flexibility index (Phi) is 6.53. The summed E-state index contributed by atoms with van der Waals surface area (Å²) < 4.78 is 53.0. The van der Waals surface area contributed by atoms with Crippen molar-refractivity contribution < 1.29 is 27.1 Å². The van der Waals surface area contributed by atoms with Gasteiger partial charge in [-0.1, -0.05) is 12.1 Å². The lowest BCUT2D eigenvalue weighted by molar-refractivity contribution is -0.157. The molecule has 0 aliphatic carbocycles. The number of piperazine rings is 1. The summed E-state index contributed by atoms with van der Waals surface area (Å²) in [6.45, 7) is 3.30. The van der Waals surface area contributed by atoms with Gasteiger partial charge in [0.15, 0.2) is 11.7 Å². The van der Waals surface area contributed by atoms with Crippen LogP contribution in [0.15, 0.2) is 59.4 Å². The molecule has 0 spiro atoms. The van der Waals surface area contributed by atoms with Gasteiger partial charge in [-0.3, -0.25) is 4.79 Å². The number of aryl methyl sites for hydroxylation is 1. The Balaban J connectivity index is 1.32. The van der Waals surface area contributed by atoms with Gasteiger partial charge in [-0.2, -0.15) is 13.2 Å². The van der Waals surface area contributed by atoms with Crippen molar-refractivity contribution in [2.75, 3.05) is 38.2 Å². The fourth-order valence-corrected chi connectivity index (χ4v) is 4.71. The Bertz CT molecular complexity index is 1410. The third-order valence-electron chi connectivity index (χ3n) is 6.56. The second kappa shape index (κ2) is 9.79. The number of carbonyl (C=O) groups is 1. The maximum absolute atomic E-state index is 13.5. The number of imidazole rings is 1. The number of hydrogen-bond donors (Lipinski definition) is 0. The summed E-state index contributed by atoms with van der Waals surface area (Å²) in [7, 11) is 1.57. The number of aromatic nitrogens is 3. The van der Waals surface area contributed by atoms with E-state index in [4.69, 9.17) is 9.15 Å². The molecule has 1 aliphatic heterocycles. The summed E-state index contributed by atoms with van der Waals surface area (Å²) in [4.78, 5) is 25.3. The molecular formula is C26H26F3N5O3. The quantitative estimate of drug-likeness (QED) is 0.367. The van der Waals surface area contributed by atoms with Crippen LogP contribution in [0.3, 0.4) is 0 Å². The molecule has 3 heterocycles. The number of hydrogen-bond acceptors (Lipinski definition) is 6. The van der Waals surface area contributed by atoms with Crippen LogP contribution in [0.2, 0.25) is 0 Å². The van der Waals surface area contributed by atoms with Crippen molar-refractivity contribution in [3.05, 3.63) is 60.9 Å². The number of ether oxygens (including phenoxy) is 1. The standard InChI is InChI=1S/C26H26F3N5O3/c1-17-30-15-24(37-17)19-8-7-18(13-23(19)36-2)32-9-11-33(12-10-32)25(35)22(14-26(27,28)29)34-16-31-20-5-3-4-6-21(20)34/h3-8,13,15-16,22H,9-12,14H2,1-2H3. The lowest BCUT2D eigenvalue weighted by Crippen LogP contribution is -2.51. The van der Waals surface area contributed by atoms with Gasteiger partial charge in [-0.25, -0.2) is 9.97 Å². The molecule has 0 bridgehead atoms. The fraction of sp³-hybridized carbons (Fsp3) is 0.346. The number of oxazole rings is 1. The number of benzene rings is 2. The van der Waals surface area contributed by atoms with Crippen LogP contribution in [0, 0.1) is 6.92 Å². The van der Waals surface area contributed by atoms with Gasteiger partial charge in [0.1, 0.15) is 11.8 Å². The highest BCUT2D eigenvalue weighted by Gasteiger charge is 2.39. The first-order valence-electron chi connectivity index (χ1n) is 11.9. The number of nitrogens with zero attached hydrogens (tertiary/aromatic N) is 5. The summed E-state index contributed by atoms with van der Waals surface area (Å²) in [5.74, 6) is 1.20. The predicted molar refractivity (Wildman–Crippen MR) is 131 cm³/mol. The fourth-order valence-electron chi connectivity index (χ4n) is 4.71. The minimum Gasteiger partial charge on any atom is -0.496 e. The smallest absolute Gasteiger partial charge is 0.391 e. The third-order valence-corrected chi connectivity index (χ3v) is 6.56. The molecule has 2 aromatic carbocycles. The first-order valence-corrected chi connectivity index (χ1v) is 11.9. The first kappa shape index (κ1) is 24.7. The van der Waals surface area contributed by atoms with Gasteiger partial charge in [-0.05, 0) is 24.3 Å². The molecule has 8 nitrogen and oxygen atoms in total. The van der Waals surface area contributed by atoms with Gasteiger partial charge < -0.3 is 23.5 Å². The summed E-state index contributed by atoms with van der Waals surface area (Å²) in [5, 5.41) is 0. The van der Waals surface area contributed by atoms with Gasteiger partial charge in [0.2, 0.25) is 5.91 Å². The van der Waals surface area contributed by atoms with Crippen molar-refractivity contribution in [3.8, 4) is 17.1 Å². The Morgan fingerprint density at radius 1 is 1.11 bits per heavy atom. The van der Waals surface area contributed by atoms with Gasteiger partial charge in [0.05, 0.1) is 42.7 Å². The van der Waals surface area contributed by atoms with Gasteiger partial charge in [0.25, 0.3) is 0 Å². The number of carbonyl (C=O) groups excluding carboxylic acids is 1. The topological polar surface area (TPSA) is 76.6 Å². The molecule has 11 heteroatoms. The van der Waals surface area contributed by atoms with E-state index in [1.54, 1.807) is 44.5 Å². The van der Waals surface area contributed by atoms with Crippen molar-refractivity contribution in [1.29, 1.82) is 0 Å². The van der Waals surface area contributed by atoms with Gasteiger partial charge in [-0.15, -0.1) is 0 Å². The molecule has 37 heavy (non-hydrogen) atoms. The summed E-state index contributed by atoms with van der Waals surface area (Å²) in [6, 6.07) is 11.1. The zero-order valence-electron chi connectivity index (χ0n) is 20.4. The third kappa shape index (κ3) is 5.11. The van der Waals surface area contributed by atoms with E-state index < -0.39 is 24.5 Å². The zero-order valence-corrected chi connectivity index (χ0v) is 20.4. The monoisotopic (exact) mass is 513 g/mol. The van der Waals surface area contributed by atoms with Crippen LogP contribution in [-0.2, 0) is 4.79 Å². The highest BCUT2D eigenvalue weighted by molar-refractivity contribution is 5.84. The molecule has 2 aromatic heterocycles. The first-order chi connectivity index (χ1) is 17.7. The lowest BCUT2D eigenvalue weighted by atomic mass is 10.1. The number of anilines is 1. The largest absolute Gasteiger partial charge is 0.496 e. The number of halogens is 3. The van der Waals surface area contributed by atoms with E-state index in [9.17, 15) is 18.0 Å². The van der Waals surface area contributed by atoms with Crippen LogP contribution in [-0.4, -0.2) is 64.8 Å². The maximum atomic E-state index is 13.5. The minimum atomic E-state index is -4.51. The molecule has 1 fully saturated rings. The lowest BCUT2D eigenvalue weighted by Gasteiger charge is -2.38. The van der Waals surface area contributed by atoms with Crippen LogP contribution < -0.4 is 9.64 Å².